The molecule has 1 amide bonds. The number of aryl methyl sites for hydroxylation is 1. The Hall–Kier alpha value is -3.89. The second-order valence-electron chi connectivity index (χ2n) is 7.46. The van der Waals surface area contributed by atoms with Crippen molar-refractivity contribution in [2.75, 3.05) is 26.9 Å². The summed E-state index contributed by atoms with van der Waals surface area (Å²) in [5.74, 6) is 0.348. The maximum absolute atomic E-state index is 12.5. The second kappa shape index (κ2) is 11.7. The van der Waals surface area contributed by atoms with Crippen molar-refractivity contribution >= 4 is 12.0 Å². The molecule has 7 heteroatoms. The van der Waals surface area contributed by atoms with Crippen LogP contribution in [-0.4, -0.2) is 42.6 Å². The second-order valence-corrected chi connectivity index (χ2v) is 7.46. The highest BCUT2D eigenvalue weighted by molar-refractivity contribution is 6.02. The molecule has 1 heterocycles. The number of nitrogens with one attached hydrogen (secondary N) is 1. The number of methoxy groups -OCH3 is 1. The maximum atomic E-state index is 12.5. The zero-order chi connectivity index (χ0) is 23.6. The van der Waals surface area contributed by atoms with E-state index in [1.54, 1.807) is 17.9 Å². The summed E-state index contributed by atoms with van der Waals surface area (Å²) in [6.45, 7) is 5.40. The fraction of sp³-hybridized carbons (Fsp3) is 0.269. The van der Waals surface area contributed by atoms with Crippen LogP contribution < -0.4 is 10.1 Å². The van der Waals surface area contributed by atoms with Crippen molar-refractivity contribution in [2.45, 2.75) is 20.3 Å². The van der Waals surface area contributed by atoms with Gasteiger partial charge in [0.05, 0.1) is 18.9 Å². The van der Waals surface area contributed by atoms with Gasteiger partial charge in [-0.1, -0.05) is 25.1 Å². The smallest absolute Gasteiger partial charge is 0.262 e. The van der Waals surface area contributed by atoms with Crippen LogP contribution in [-0.2, 0) is 9.53 Å². The summed E-state index contributed by atoms with van der Waals surface area (Å²) in [6, 6.07) is 17.5. The van der Waals surface area contributed by atoms with Crippen LogP contribution in [0.1, 0.15) is 24.5 Å². The Morgan fingerprint density at radius 1 is 1.21 bits per heavy atom. The minimum Gasteiger partial charge on any atom is -0.494 e. The Morgan fingerprint density at radius 3 is 2.67 bits per heavy atom. The van der Waals surface area contributed by atoms with Crippen molar-refractivity contribution in [1.29, 1.82) is 5.26 Å². The molecule has 0 aliphatic rings. The molecule has 0 radical (unpaired) electrons. The van der Waals surface area contributed by atoms with Crippen LogP contribution in [0, 0.1) is 18.3 Å². The van der Waals surface area contributed by atoms with E-state index in [0.29, 0.717) is 31.0 Å². The highest BCUT2D eigenvalue weighted by Gasteiger charge is 2.16. The first kappa shape index (κ1) is 23.8. The number of benzene rings is 2. The lowest BCUT2D eigenvalue weighted by molar-refractivity contribution is -0.117. The molecule has 3 aromatic rings. The van der Waals surface area contributed by atoms with Crippen molar-refractivity contribution < 1.29 is 14.3 Å². The standard InChI is InChI=1S/C26H28N4O3/c1-4-13-33-23-10-11-24(19(2)15-23)25-21(16-20(17-27)26(31)28-12-14-32-3)18-30(29-25)22-8-6-5-7-9-22/h5-11,15-16,18H,4,12-14H2,1-3H3,(H,28,31). The van der Waals surface area contributed by atoms with Gasteiger partial charge in [-0.3, -0.25) is 4.79 Å². The van der Waals surface area contributed by atoms with E-state index in [1.807, 2.05) is 67.7 Å². The van der Waals surface area contributed by atoms with Gasteiger partial charge in [-0.25, -0.2) is 4.68 Å². The molecule has 1 N–H and O–H groups in total. The predicted molar refractivity (Wildman–Crippen MR) is 128 cm³/mol. The molecular formula is C26H28N4O3. The molecule has 0 atom stereocenters. The van der Waals surface area contributed by atoms with Gasteiger partial charge in [-0.05, 0) is 55.3 Å². The monoisotopic (exact) mass is 444 g/mol. The lowest BCUT2D eigenvalue weighted by Gasteiger charge is -2.09. The van der Waals surface area contributed by atoms with E-state index in [2.05, 4.69) is 12.2 Å². The molecule has 0 aliphatic heterocycles. The molecule has 2 aromatic carbocycles. The van der Waals surface area contributed by atoms with Crippen LogP contribution >= 0.6 is 0 Å². The van der Waals surface area contributed by atoms with Gasteiger partial charge in [0.25, 0.3) is 5.91 Å². The largest absolute Gasteiger partial charge is 0.494 e. The number of hydrogen-bond donors (Lipinski definition) is 1. The molecule has 0 aliphatic carbocycles. The zero-order valence-electron chi connectivity index (χ0n) is 19.2. The molecule has 33 heavy (non-hydrogen) atoms. The highest BCUT2D eigenvalue weighted by atomic mass is 16.5. The first-order chi connectivity index (χ1) is 16.1. The Labute approximate surface area is 194 Å². The number of rotatable bonds is 10. The van der Waals surface area contributed by atoms with Crippen molar-refractivity contribution in [2.24, 2.45) is 0 Å². The van der Waals surface area contributed by atoms with Gasteiger partial charge in [0.2, 0.25) is 0 Å². The molecule has 3 rings (SSSR count). The third-order valence-electron chi connectivity index (χ3n) is 4.95. The topological polar surface area (TPSA) is 89.2 Å². The van der Waals surface area contributed by atoms with Crippen molar-refractivity contribution in [1.82, 2.24) is 15.1 Å². The lowest BCUT2D eigenvalue weighted by atomic mass is 10.0. The number of amides is 1. The minimum absolute atomic E-state index is 0.000479. The van der Waals surface area contributed by atoms with Crippen molar-refractivity contribution in [3.8, 4) is 28.8 Å². The Morgan fingerprint density at radius 2 is 2.00 bits per heavy atom. The number of nitrogens with zero attached hydrogens (tertiary/aromatic N) is 3. The fourth-order valence-electron chi connectivity index (χ4n) is 3.29. The first-order valence-electron chi connectivity index (χ1n) is 10.8. The van der Waals surface area contributed by atoms with Crippen molar-refractivity contribution in [3.05, 3.63) is 71.4 Å². The van der Waals surface area contributed by atoms with E-state index in [-0.39, 0.29) is 5.57 Å². The normalized spacial score (nSPS) is 11.2. The third kappa shape index (κ3) is 6.09. The van der Waals surface area contributed by atoms with Gasteiger partial charge >= 0.3 is 0 Å². The number of hydrogen-bond acceptors (Lipinski definition) is 5. The maximum Gasteiger partial charge on any atom is 0.262 e. The van der Waals surface area contributed by atoms with Crippen molar-refractivity contribution in [3.63, 3.8) is 0 Å². The quantitative estimate of drug-likeness (QED) is 0.286. The summed E-state index contributed by atoms with van der Waals surface area (Å²) in [4.78, 5) is 12.5. The molecule has 0 bridgehead atoms. The molecule has 0 fully saturated rings. The first-order valence-corrected chi connectivity index (χ1v) is 10.8. The molecule has 0 saturated heterocycles. The summed E-state index contributed by atoms with van der Waals surface area (Å²) in [7, 11) is 1.55. The molecule has 0 spiro atoms. The molecule has 0 unspecified atom stereocenters. The average molecular weight is 445 g/mol. The summed E-state index contributed by atoms with van der Waals surface area (Å²) in [5.41, 5.74) is 4.11. The molecule has 7 nitrogen and oxygen atoms in total. The number of aromatic nitrogens is 2. The van der Waals surface area contributed by atoms with Gasteiger partial charge in [0, 0.05) is 31.0 Å². The number of nitriles is 1. The lowest BCUT2D eigenvalue weighted by Crippen LogP contribution is -2.27. The minimum atomic E-state index is -0.451. The van der Waals surface area contributed by atoms with E-state index >= 15 is 0 Å². The highest BCUT2D eigenvalue weighted by Crippen LogP contribution is 2.30. The summed E-state index contributed by atoms with van der Waals surface area (Å²) in [5, 5.41) is 17.1. The van der Waals surface area contributed by atoms with Crippen LogP contribution in [0.15, 0.2) is 60.3 Å². The van der Waals surface area contributed by atoms with Gasteiger partial charge in [-0.2, -0.15) is 10.4 Å². The van der Waals surface area contributed by atoms with E-state index < -0.39 is 5.91 Å². The molecule has 170 valence electrons. The number of para-hydroxylation sites is 1. The molecule has 1 aromatic heterocycles. The number of ether oxygens (including phenoxy) is 2. The van der Waals surface area contributed by atoms with Crippen LogP contribution in [0.25, 0.3) is 23.0 Å². The Bertz CT molecular complexity index is 1160. The summed E-state index contributed by atoms with van der Waals surface area (Å²) < 4.78 is 12.5. The molecular weight excluding hydrogens is 416 g/mol. The van der Waals surface area contributed by atoms with E-state index in [9.17, 15) is 10.1 Å². The predicted octanol–water partition coefficient (Wildman–Crippen LogP) is 4.31. The van der Waals surface area contributed by atoms with E-state index in [4.69, 9.17) is 14.6 Å². The SMILES string of the molecule is CCCOc1ccc(-c2nn(-c3ccccc3)cc2C=C(C#N)C(=O)NCCOC)c(C)c1. The Kier molecular flexibility index (Phi) is 8.39. The molecule has 0 saturated carbocycles. The van der Waals surface area contributed by atoms with Gasteiger partial charge in [-0.15, -0.1) is 0 Å². The number of carbonyl (C=O) groups excluding carboxylic acids is 1. The van der Waals surface area contributed by atoms with Gasteiger partial charge in [0.15, 0.2) is 0 Å². The fourth-order valence-corrected chi connectivity index (χ4v) is 3.29. The van der Waals surface area contributed by atoms with Gasteiger partial charge < -0.3 is 14.8 Å². The van der Waals surface area contributed by atoms with E-state index in [1.165, 1.54) is 0 Å². The number of carbonyl (C=O) groups is 1. The van der Waals surface area contributed by atoms with Crippen LogP contribution in [0.4, 0.5) is 0 Å². The average Bonchev–Trinajstić information content (AvgIpc) is 3.25. The summed E-state index contributed by atoms with van der Waals surface area (Å²) >= 11 is 0. The van der Waals surface area contributed by atoms with E-state index in [0.717, 1.165) is 29.0 Å². The van der Waals surface area contributed by atoms with Crippen LogP contribution in [0.2, 0.25) is 0 Å². The zero-order valence-corrected chi connectivity index (χ0v) is 19.2. The summed E-state index contributed by atoms with van der Waals surface area (Å²) in [6.07, 6.45) is 4.33. The van der Waals surface area contributed by atoms with Crippen LogP contribution in [0.3, 0.4) is 0 Å². The third-order valence-corrected chi connectivity index (χ3v) is 4.95. The van der Waals surface area contributed by atoms with Gasteiger partial charge in [0.1, 0.15) is 23.1 Å². The van der Waals surface area contributed by atoms with Crippen LogP contribution in [0.5, 0.6) is 5.75 Å². The Balaban J connectivity index is 2.05.